The molecule has 1 saturated heterocycles. The second kappa shape index (κ2) is 12.1. The van der Waals surface area contributed by atoms with Crippen molar-refractivity contribution in [1.82, 2.24) is 19.2 Å². The molecule has 6 rings (SSSR count). The molecule has 1 aliphatic heterocycles. The lowest BCUT2D eigenvalue weighted by Gasteiger charge is -2.32. The van der Waals surface area contributed by atoms with Crippen LogP contribution >= 0.6 is 0 Å². The number of hydrogen-bond acceptors (Lipinski definition) is 7. The molecule has 0 unspecified atom stereocenters. The van der Waals surface area contributed by atoms with Gasteiger partial charge in [0.2, 0.25) is 5.78 Å². The van der Waals surface area contributed by atoms with Gasteiger partial charge < -0.3 is 14.6 Å². The summed E-state index contributed by atoms with van der Waals surface area (Å²) in [5.41, 5.74) is 3.26. The molecular formula is C32H34FN5O4. The Labute approximate surface area is 243 Å². The van der Waals surface area contributed by atoms with Gasteiger partial charge in [-0.2, -0.15) is 15.3 Å². The van der Waals surface area contributed by atoms with Gasteiger partial charge in [0.1, 0.15) is 24.4 Å². The van der Waals surface area contributed by atoms with Crippen LogP contribution in [0.3, 0.4) is 0 Å². The molecule has 0 radical (unpaired) electrons. The third kappa shape index (κ3) is 5.36. The minimum atomic E-state index is -0.606. The molecule has 4 aromatic rings. The maximum absolute atomic E-state index is 15.6. The van der Waals surface area contributed by atoms with Crippen molar-refractivity contribution in [3.63, 3.8) is 0 Å². The van der Waals surface area contributed by atoms with Gasteiger partial charge in [-0.1, -0.05) is 43.7 Å². The summed E-state index contributed by atoms with van der Waals surface area (Å²) < 4.78 is 30.5. The number of halogens is 1. The number of hydrogen-bond donors (Lipinski definition) is 1. The molecule has 42 heavy (non-hydrogen) atoms. The van der Waals surface area contributed by atoms with Crippen LogP contribution in [-0.4, -0.2) is 55.8 Å². The minimum absolute atomic E-state index is 0.00944. The van der Waals surface area contributed by atoms with Gasteiger partial charge in [0.05, 0.1) is 36.6 Å². The average molecular weight is 572 g/mol. The molecule has 1 saturated carbocycles. The van der Waals surface area contributed by atoms with Gasteiger partial charge >= 0.3 is 0 Å². The average Bonchev–Trinajstić information content (AvgIpc) is 3.65. The number of aliphatic hydroxyl groups excluding tert-OH is 1. The molecule has 0 spiro atoms. The Balaban J connectivity index is 1.32. The zero-order valence-corrected chi connectivity index (χ0v) is 23.6. The van der Waals surface area contributed by atoms with Crippen molar-refractivity contribution in [2.45, 2.75) is 76.2 Å². The number of rotatable bonds is 8. The molecule has 1 N–H and O–H groups in total. The second-order valence-corrected chi connectivity index (χ2v) is 11.2. The van der Waals surface area contributed by atoms with Crippen LogP contribution in [0, 0.1) is 17.1 Å². The number of fused-ring (bicyclic) bond motifs is 1. The lowest BCUT2D eigenvalue weighted by atomic mass is 9.92. The minimum Gasteiger partial charge on any atom is -0.388 e. The summed E-state index contributed by atoms with van der Waals surface area (Å²) in [6.07, 6.45) is 4.96. The van der Waals surface area contributed by atoms with E-state index in [9.17, 15) is 15.2 Å². The fourth-order valence-corrected chi connectivity index (χ4v) is 6.30. The highest BCUT2D eigenvalue weighted by Gasteiger charge is 2.33. The van der Waals surface area contributed by atoms with Crippen molar-refractivity contribution in [2.75, 3.05) is 13.2 Å². The van der Waals surface area contributed by atoms with Crippen LogP contribution in [-0.2, 0) is 22.3 Å². The first-order chi connectivity index (χ1) is 20.5. The Bertz CT molecular complexity index is 1680. The molecule has 2 aliphatic rings. The van der Waals surface area contributed by atoms with E-state index in [1.807, 2.05) is 13.0 Å². The Hall–Kier alpha value is -3.91. The van der Waals surface area contributed by atoms with Crippen molar-refractivity contribution < 1.29 is 19.0 Å². The van der Waals surface area contributed by atoms with Crippen LogP contribution < -0.4 is 5.56 Å². The number of nitrogens with zero attached hydrogens (tertiary/aromatic N) is 5. The van der Waals surface area contributed by atoms with Crippen LogP contribution in [0.1, 0.15) is 67.5 Å². The normalized spacial score (nSPS) is 22.4. The largest absolute Gasteiger partial charge is 0.388 e. The fourth-order valence-electron chi connectivity index (χ4n) is 6.30. The molecule has 10 heteroatoms. The second-order valence-electron chi connectivity index (χ2n) is 11.2. The van der Waals surface area contributed by atoms with E-state index < -0.39 is 11.9 Å². The third-order valence-electron chi connectivity index (χ3n) is 8.47. The SMILES string of the molecule is CCCc1c(Cc2ccc(-c3ccccc3C#N)cc2F)c(=O)n(C2CCC(O[C@@H]3COC[C@H]3O)CC2)c2ncnn12. The fraction of sp³-hybridized carbons (Fsp3) is 0.438. The van der Waals surface area contributed by atoms with Gasteiger partial charge in [0.25, 0.3) is 5.56 Å². The molecule has 0 amide bonds. The van der Waals surface area contributed by atoms with Crippen molar-refractivity contribution in [1.29, 1.82) is 5.26 Å². The summed E-state index contributed by atoms with van der Waals surface area (Å²) in [6.45, 7) is 2.73. The van der Waals surface area contributed by atoms with Gasteiger partial charge in [-0.25, -0.2) is 8.91 Å². The van der Waals surface area contributed by atoms with E-state index in [-0.39, 0.29) is 30.2 Å². The van der Waals surface area contributed by atoms with Crippen LogP contribution in [0.4, 0.5) is 4.39 Å². The number of aliphatic hydroxyl groups is 1. The number of benzene rings is 2. The molecule has 3 heterocycles. The lowest BCUT2D eigenvalue weighted by Crippen LogP contribution is -2.37. The zero-order valence-electron chi connectivity index (χ0n) is 23.6. The van der Waals surface area contributed by atoms with Gasteiger partial charge in [-0.3, -0.25) is 9.36 Å². The summed E-state index contributed by atoms with van der Waals surface area (Å²) >= 11 is 0. The van der Waals surface area contributed by atoms with E-state index in [1.54, 1.807) is 39.4 Å². The molecule has 2 fully saturated rings. The van der Waals surface area contributed by atoms with Crippen LogP contribution in [0.2, 0.25) is 0 Å². The Morgan fingerprint density at radius 3 is 2.69 bits per heavy atom. The summed E-state index contributed by atoms with van der Waals surface area (Å²) in [5.74, 6) is 0.0724. The number of aromatic nitrogens is 4. The monoisotopic (exact) mass is 571 g/mol. The third-order valence-corrected chi connectivity index (χ3v) is 8.47. The maximum Gasteiger partial charge on any atom is 0.259 e. The predicted molar refractivity (Wildman–Crippen MR) is 154 cm³/mol. The van der Waals surface area contributed by atoms with E-state index in [2.05, 4.69) is 16.2 Å². The van der Waals surface area contributed by atoms with Crippen molar-refractivity contribution >= 4 is 5.78 Å². The van der Waals surface area contributed by atoms with Gasteiger partial charge in [-0.05, 0) is 60.9 Å². The summed E-state index contributed by atoms with van der Waals surface area (Å²) in [7, 11) is 0. The molecule has 0 bridgehead atoms. The van der Waals surface area contributed by atoms with E-state index in [4.69, 9.17) is 9.47 Å². The van der Waals surface area contributed by atoms with Crippen LogP contribution in [0.15, 0.2) is 53.6 Å². The van der Waals surface area contributed by atoms with Crippen LogP contribution in [0.25, 0.3) is 16.9 Å². The number of aryl methyl sites for hydroxylation is 1. The molecule has 9 nitrogen and oxygen atoms in total. The maximum atomic E-state index is 15.6. The predicted octanol–water partition coefficient (Wildman–Crippen LogP) is 4.37. The van der Waals surface area contributed by atoms with Gasteiger partial charge in [-0.15, -0.1) is 0 Å². The van der Waals surface area contributed by atoms with Crippen molar-refractivity contribution in [3.8, 4) is 17.2 Å². The van der Waals surface area contributed by atoms with Gasteiger partial charge in [0.15, 0.2) is 0 Å². The van der Waals surface area contributed by atoms with Crippen LogP contribution in [0.5, 0.6) is 0 Å². The highest BCUT2D eigenvalue weighted by atomic mass is 19.1. The van der Waals surface area contributed by atoms with E-state index in [1.165, 1.54) is 12.4 Å². The van der Waals surface area contributed by atoms with E-state index >= 15 is 4.39 Å². The molecular weight excluding hydrogens is 537 g/mol. The Morgan fingerprint density at radius 1 is 1.17 bits per heavy atom. The molecule has 218 valence electrons. The molecule has 2 aromatic carbocycles. The standard InChI is InChI=1S/C32H34FN5O4/c1-2-5-28-26(14-21-9-8-20(15-27(21)33)25-7-4-3-6-22(25)16-34)31(40)37(32-35-19-36-38(28)32)23-10-12-24(13-11-23)42-30-18-41-17-29(30)39/h3-4,6-9,15,19,23-24,29-30,39H,2,5,10-14,17-18H2,1H3/t23?,24?,29-,30-/m1/s1. The smallest absolute Gasteiger partial charge is 0.259 e. The summed E-state index contributed by atoms with van der Waals surface area (Å²) in [6, 6.07) is 14.1. The Morgan fingerprint density at radius 2 is 1.98 bits per heavy atom. The molecule has 1 aliphatic carbocycles. The zero-order chi connectivity index (χ0) is 29.2. The topological polar surface area (TPSA) is 115 Å². The highest BCUT2D eigenvalue weighted by Crippen LogP contribution is 2.32. The highest BCUT2D eigenvalue weighted by molar-refractivity contribution is 5.70. The quantitative estimate of drug-likeness (QED) is 0.334. The number of nitriles is 1. The lowest BCUT2D eigenvalue weighted by molar-refractivity contribution is -0.0712. The summed E-state index contributed by atoms with van der Waals surface area (Å²) in [4.78, 5) is 18.7. The first-order valence-electron chi connectivity index (χ1n) is 14.6. The summed E-state index contributed by atoms with van der Waals surface area (Å²) in [5, 5.41) is 24.0. The molecule has 2 aromatic heterocycles. The van der Waals surface area contributed by atoms with E-state index in [0.717, 1.165) is 25.0 Å². The van der Waals surface area contributed by atoms with Gasteiger partial charge in [0, 0.05) is 18.0 Å². The first kappa shape index (κ1) is 28.2. The number of ether oxygens (including phenoxy) is 2. The molecule has 2 atom stereocenters. The van der Waals surface area contributed by atoms with Crippen molar-refractivity contribution in [2.24, 2.45) is 0 Å². The van der Waals surface area contributed by atoms with E-state index in [0.29, 0.717) is 66.1 Å². The first-order valence-corrected chi connectivity index (χ1v) is 14.6. The Kier molecular flexibility index (Phi) is 8.16. The van der Waals surface area contributed by atoms with Crippen molar-refractivity contribution in [3.05, 3.63) is 87.3 Å².